The Morgan fingerprint density at radius 2 is 1.74 bits per heavy atom. The number of amides is 1. The lowest BCUT2D eigenvalue weighted by Gasteiger charge is -2.30. The summed E-state index contributed by atoms with van der Waals surface area (Å²) in [5, 5.41) is 1.31. The van der Waals surface area contributed by atoms with E-state index < -0.39 is 29.4 Å². The number of morpholine rings is 1. The number of rotatable bonds is 7. The third-order valence-electron chi connectivity index (χ3n) is 6.55. The van der Waals surface area contributed by atoms with Crippen LogP contribution in [-0.4, -0.2) is 66.7 Å². The van der Waals surface area contributed by atoms with Gasteiger partial charge >= 0.3 is 0 Å². The lowest BCUT2D eigenvalue weighted by molar-refractivity contribution is -0.140. The van der Waals surface area contributed by atoms with Crippen molar-refractivity contribution in [3.05, 3.63) is 70.9 Å². The summed E-state index contributed by atoms with van der Waals surface area (Å²) in [5.74, 6) is -2.89. The van der Waals surface area contributed by atoms with Gasteiger partial charge in [0.05, 0.1) is 19.3 Å². The molecule has 34 heavy (non-hydrogen) atoms. The molecule has 2 fully saturated rings. The normalized spacial score (nSPS) is 21.5. The van der Waals surface area contributed by atoms with Crippen LogP contribution < -0.4 is 0 Å². The fourth-order valence-corrected chi connectivity index (χ4v) is 4.93. The summed E-state index contributed by atoms with van der Waals surface area (Å²) >= 11 is 6.08. The van der Waals surface area contributed by atoms with Gasteiger partial charge in [-0.25, -0.2) is 0 Å². The van der Waals surface area contributed by atoms with Crippen molar-refractivity contribution in [1.82, 2.24) is 9.80 Å². The number of ether oxygens (including phenoxy) is 1. The Morgan fingerprint density at radius 1 is 1.00 bits per heavy atom. The van der Waals surface area contributed by atoms with E-state index in [1.165, 1.54) is 4.90 Å². The van der Waals surface area contributed by atoms with Crippen LogP contribution in [0.2, 0.25) is 5.02 Å². The summed E-state index contributed by atoms with van der Waals surface area (Å²) in [6, 6.07) is 15.2. The van der Waals surface area contributed by atoms with Crippen LogP contribution in [0, 0.1) is 5.92 Å². The molecule has 2 saturated heterocycles. The lowest BCUT2D eigenvalue weighted by atomic mass is 9.88. The Morgan fingerprint density at radius 3 is 2.47 bits per heavy atom. The molecule has 0 saturated carbocycles. The van der Waals surface area contributed by atoms with Crippen LogP contribution in [0.15, 0.2) is 59.0 Å². The van der Waals surface area contributed by atoms with Crippen molar-refractivity contribution in [2.75, 3.05) is 39.4 Å². The second-order valence-electron chi connectivity index (χ2n) is 8.66. The number of furan rings is 1. The van der Waals surface area contributed by atoms with Gasteiger partial charge in [0.15, 0.2) is 5.76 Å². The van der Waals surface area contributed by atoms with E-state index in [4.69, 9.17) is 20.8 Å². The number of carbonyl (C=O) groups is 3. The molecule has 2 atom stereocenters. The third kappa shape index (κ3) is 4.39. The zero-order valence-electron chi connectivity index (χ0n) is 18.6. The number of hydrogen-bond donors (Lipinski definition) is 0. The first-order chi connectivity index (χ1) is 16.5. The van der Waals surface area contributed by atoms with Gasteiger partial charge in [0.1, 0.15) is 11.5 Å². The van der Waals surface area contributed by atoms with E-state index in [9.17, 15) is 14.4 Å². The minimum absolute atomic E-state index is 0.0847. The Labute approximate surface area is 202 Å². The van der Waals surface area contributed by atoms with Crippen LogP contribution in [0.5, 0.6) is 0 Å². The van der Waals surface area contributed by atoms with Crippen LogP contribution in [-0.2, 0) is 14.3 Å². The lowest BCUT2D eigenvalue weighted by Crippen LogP contribution is -2.39. The van der Waals surface area contributed by atoms with Crippen LogP contribution in [0.25, 0.3) is 11.0 Å². The molecule has 2 aliphatic heterocycles. The highest BCUT2D eigenvalue weighted by molar-refractivity contribution is 6.44. The molecule has 1 amide bonds. The smallest absolute Gasteiger partial charge is 0.291 e. The second kappa shape index (κ2) is 9.70. The monoisotopic (exact) mass is 480 g/mol. The largest absolute Gasteiger partial charge is 0.453 e. The van der Waals surface area contributed by atoms with E-state index in [2.05, 4.69) is 4.90 Å². The van der Waals surface area contributed by atoms with Gasteiger partial charge in [-0.05, 0) is 36.2 Å². The van der Waals surface area contributed by atoms with Gasteiger partial charge in [-0.2, -0.15) is 0 Å². The van der Waals surface area contributed by atoms with Gasteiger partial charge in [-0.15, -0.1) is 0 Å². The van der Waals surface area contributed by atoms with Crippen LogP contribution in [0.3, 0.4) is 0 Å². The number of ketones is 2. The van der Waals surface area contributed by atoms with Crippen molar-refractivity contribution in [3.8, 4) is 0 Å². The van der Waals surface area contributed by atoms with Crippen molar-refractivity contribution in [2.45, 2.75) is 12.5 Å². The number of benzene rings is 2. The molecule has 2 unspecified atom stereocenters. The number of para-hydroxylation sites is 1. The zero-order valence-corrected chi connectivity index (χ0v) is 19.4. The van der Waals surface area contributed by atoms with Crippen LogP contribution >= 0.6 is 11.6 Å². The highest BCUT2D eigenvalue weighted by Crippen LogP contribution is 2.39. The molecule has 0 aliphatic carbocycles. The van der Waals surface area contributed by atoms with E-state index >= 15 is 0 Å². The van der Waals surface area contributed by atoms with E-state index in [1.807, 2.05) is 18.2 Å². The molecule has 5 rings (SSSR count). The van der Waals surface area contributed by atoms with Crippen molar-refractivity contribution in [3.63, 3.8) is 0 Å². The van der Waals surface area contributed by atoms with Gasteiger partial charge < -0.3 is 14.1 Å². The quantitative estimate of drug-likeness (QED) is 0.291. The van der Waals surface area contributed by atoms with Gasteiger partial charge in [-0.3, -0.25) is 19.3 Å². The van der Waals surface area contributed by atoms with Crippen molar-refractivity contribution >= 4 is 40.0 Å². The van der Waals surface area contributed by atoms with Crippen molar-refractivity contribution < 1.29 is 23.5 Å². The van der Waals surface area contributed by atoms with Crippen LogP contribution in [0.4, 0.5) is 0 Å². The first kappa shape index (κ1) is 22.8. The molecule has 8 heteroatoms. The van der Waals surface area contributed by atoms with Gasteiger partial charge in [0.25, 0.3) is 5.91 Å². The molecule has 2 aliphatic rings. The molecular formula is C26H25ClN2O5. The fraction of sp³-hybridized carbons (Fsp3) is 0.346. The molecule has 1 aromatic heterocycles. The van der Waals surface area contributed by atoms with Gasteiger partial charge in [-0.1, -0.05) is 41.9 Å². The molecule has 3 aromatic rings. The Kier molecular flexibility index (Phi) is 6.50. The number of halogens is 1. The van der Waals surface area contributed by atoms with Gasteiger partial charge in [0.2, 0.25) is 11.6 Å². The van der Waals surface area contributed by atoms with E-state index in [1.54, 1.807) is 36.4 Å². The average Bonchev–Trinajstić information content (AvgIpc) is 3.40. The first-order valence-electron chi connectivity index (χ1n) is 11.5. The topological polar surface area (TPSA) is 80.1 Å². The molecule has 0 spiro atoms. The number of Topliss-reactive ketones (excluding diaryl/α,β-unsaturated/α-hetero) is 2. The Bertz CT molecular complexity index is 1180. The average molecular weight is 481 g/mol. The van der Waals surface area contributed by atoms with E-state index in [0.29, 0.717) is 42.3 Å². The molecule has 0 bridgehead atoms. The molecule has 176 valence electrons. The molecule has 0 N–H and O–H groups in total. The maximum Gasteiger partial charge on any atom is 0.291 e. The highest BCUT2D eigenvalue weighted by atomic mass is 35.5. The standard InChI is InChI=1S/C26H25ClN2O5/c27-19-8-6-17(7-9-19)23-22(24(30)21-16-18-4-1-2-5-20(18)34-21)25(31)26(32)29(23)11-3-10-28-12-14-33-15-13-28/h1-2,4-9,16,22-23H,3,10-15H2. The van der Waals surface area contributed by atoms with Gasteiger partial charge in [0, 0.05) is 36.6 Å². The summed E-state index contributed by atoms with van der Waals surface area (Å²) in [6.45, 7) is 4.25. The minimum atomic E-state index is -1.17. The fourth-order valence-electron chi connectivity index (χ4n) is 4.81. The first-order valence-corrected chi connectivity index (χ1v) is 11.8. The summed E-state index contributed by atoms with van der Waals surface area (Å²) in [7, 11) is 0. The summed E-state index contributed by atoms with van der Waals surface area (Å²) in [6.07, 6.45) is 0.689. The zero-order chi connectivity index (χ0) is 23.7. The predicted molar refractivity (Wildman–Crippen MR) is 127 cm³/mol. The number of fused-ring (bicyclic) bond motifs is 1. The van der Waals surface area contributed by atoms with Crippen LogP contribution in [0.1, 0.15) is 28.6 Å². The predicted octanol–water partition coefficient (Wildman–Crippen LogP) is 3.76. The summed E-state index contributed by atoms with van der Waals surface area (Å²) < 4.78 is 11.1. The summed E-state index contributed by atoms with van der Waals surface area (Å²) in [5.41, 5.74) is 1.26. The third-order valence-corrected chi connectivity index (χ3v) is 6.80. The minimum Gasteiger partial charge on any atom is -0.453 e. The molecular weight excluding hydrogens is 456 g/mol. The van der Waals surface area contributed by atoms with Crippen molar-refractivity contribution in [1.29, 1.82) is 0 Å². The molecule has 3 heterocycles. The Balaban J connectivity index is 1.43. The van der Waals surface area contributed by atoms with E-state index in [0.717, 1.165) is 25.0 Å². The molecule has 7 nitrogen and oxygen atoms in total. The number of hydrogen-bond acceptors (Lipinski definition) is 6. The molecule has 2 aromatic carbocycles. The maximum absolute atomic E-state index is 13.5. The number of likely N-dealkylation sites (tertiary alicyclic amines) is 1. The second-order valence-corrected chi connectivity index (χ2v) is 9.09. The highest BCUT2D eigenvalue weighted by Gasteiger charge is 2.52. The van der Waals surface area contributed by atoms with E-state index in [-0.39, 0.29) is 5.76 Å². The Hall–Kier alpha value is -3.00. The number of carbonyl (C=O) groups excluding carboxylic acids is 3. The summed E-state index contributed by atoms with van der Waals surface area (Å²) in [4.78, 5) is 43.6. The number of nitrogens with zero attached hydrogens (tertiary/aromatic N) is 2. The SMILES string of the molecule is O=C1C(=O)N(CCCN2CCOCC2)C(c2ccc(Cl)cc2)C1C(=O)c1cc2ccccc2o1. The van der Waals surface area contributed by atoms with Crippen molar-refractivity contribution in [2.24, 2.45) is 5.92 Å². The molecule has 0 radical (unpaired) electrons. The maximum atomic E-state index is 13.5.